The Kier molecular flexibility index (Phi) is 23.6. The van der Waals surface area contributed by atoms with E-state index in [1.165, 1.54) is 24.0 Å². The van der Waals surface area contributed by atoms with Gasteiger partial charge in [-0.2, -0.15) is 0 Å². The van der Waals surface area contributed by atoms with Crippen molar-refractivity contribution in [2.75, 3.05) is 26.2 Å². The number of unbranched alkanes of at least 4 members (excludes halogenated alkanes) is 3. The van der Waals surface area contributed by atoms with E-state index in [2.05, 4.69) is 26.6 Å². The predicted molar refractivity (Wildman–Crippen MR) is 291 cm³/mol. The number of carboxylic acids is 1. The highest BCUT2D eigenvalue weighted by Crippen LogP contribution is 2.40. The number of hydrogen-bond acceptors (Lipinski definition) is 12. The van der Waals surface area contributed by atoms with Gasteiger partial charge in [-0.25, -0.2) is 18.6 Å². The van der Waals surface area contributed by atoms with Gasteiger partial charge in [0.1, 0.15) is 42.2 Å². The zero-order valence-electron chi connectivity index (χ0n) is 46.5. The van der Waals surface area contributed by atoms with Gasteiger partial charge in [0.2, 0.25) is 35.4 Å². The van der Waals surface area contributed by atoms with Gasteiger partial charge < -0.3 is 52.0 Å². The lowest BCUT2D eigenvalue weighted by Crippen LogP contribution is -2.56. The van der Waals surface area contributed by atoms with Crippen LogP contribution in [0.15, 0.2) is 66.9 Å². The molecule has 21 nitrogen and oxygen atoms in total. The molecule has 0 radical (unpaired) electrons. The number of amides is 8. The Morgan fingerprint density at radius 1 is 0.850 bits per heavy atom. The molecule has 3 aromatic rings. The Balaban J connectivity index is 1.05. The summed E-state index contributed by atoms with van der Waals surface area (Å²) in [5.74, 6) is -6.97. The molecular formula is C57H78F2N10O11. The Morgan fingerprint density at radius 3 is 2.20 bits per heavy atom. The molecule has 5 rings (SSSR count). The summed E-state index contributed by atoms with van der Waals surface area (Å²) in [7, 11) is 0. The number of aliphatic hydroxyl groups excluding tert-OH is 1. The first-order chi connectivity index (χ1) is 37.9. The molecule has 2 aliphatic rings. The quantitative estimate of drug-likeness (QED) is 0.0349. The summed E-state index contributed by atoms with van der Waals surface area (Å²) in [6, 6.07) is 6.72. The molecule has 1 aromatic heterocycles. The lowest BCUT2D eigenvalue weighted by atomic mass is 9.84. The Labute approximate surface area is 465 Å². The molecule has 1 aliphatic heterocycles. The summed E-state index contributed by atoms with van der Waals surface area (Å²) in [4.78, 5) is 122. The molecule has 23 heteroatoms. The average molecular weight is 1120 g/mol. The van der Waals surface area contributed by atoms with Gasteiger partial charge in [0.05, 0.1) is 17.8 Å². The number of hydrogen-bond donors (Lipinski definition) is 8. The monoisotopic (exact) mass is 1120 g/mol. The number of carboxylic acid groups (broad SMARTS) is 1. The van der Waals surface area contributed by atoms with Crippen molar-refractivity contribution in [1.29, 1.82) is 0 Å². The Hall–Kier alpha value is -7.40. The molecule has 0 saturated heterocycles. The van der Waals surface area contributed by atoms with Crippen LogP contribution in [0.2, 0.25) is 0 Å². The maximum absolute atomic E-state index is 15.1. The van der Waals surface area contributed by atoms with Crippen molar-refractivity contribution in [1.82, 2.24) is 45.9 Å². The van der Waals surface area contributed by atoms with E-state index < -0.39 is 95.3 Å². The molecule has 1 fully saturated rings. The number of rotatable bonds is 30. The molecule has 9 N–H and O–H groups in total. The summed E-state index contributed by atoms with van der Waals surface area (Å²) in [5, 5.41) is 33.6. The number of carbonyl (C=O) groups is 9. The highest BCUT2D eigenvalue weighted by Gasteiger charge is 2.39. The SMILES string of the molecule is CC(NC(=O)[C@@H](NC(=O)CCCCCN1C(=O)C=CC1=O)C(C)C)C(=O)NC(CCCCNC(=O)C1CCC(NC(=O)C(N)CCN(C(=O)CO)C(c2nc(-c3cc(F)ccc3F)cn2Cc2ccccc2)C(C)(C)C)C1)C(=O)O. The lowest BCUT2D eigenvalue weighted by molar-refractivity contribution is -0.142. The summed E-state index contributed by atoms with van der Waals surface area (Å²) >= 11 is 0. The number of aromatic nitrogens is 2. The van der Waals surface area contributed by atoms with Crippen LogP contribution in [-0.2, 0) is 49.7 Å². The van der Waals surface area contributed by atoms with Gasteiger partial charge in [-0.1, -0.05) is 71.4 Å². The second-order valence-electron chi connectivity index (χ2n) is 22.0. The molecule has 80 heavy (non-hydrogen) atoms. The van der Waals surface area contributed by atoms with Crippen LogP contribution in [0.1, 0.15) is 130 Å². The summed E-state index contributed by atoms with van der Waals surface area (Å²) in [6.07, 6.45) is 7.67. The standard InChI is InChI=1S/C57H78F2N10O11/c1-34(2)49(66-45(71)18-11-8-14-27-68-46(72)23-24-47(68)73)55(78)62-35(3)52(75)65-43(56(79)80)17-12-13-26-61-53(76)37-19-21-39(29-37)63-54(77)42(60)25-28-69(48(74)33-70)50(57(4,5)6)51-64-44(40-30-38(58)20-22-41(40)59)32-67(51)31-36-15-9-7-10-16-36/h7,9-10,15-16,20,22-24,30,32,34-35,37,39,42-43,49-50,70H,8,11-14,17-19,21,25-29,31,33,60H2,1-6H3,(H,61,76)(H,62,78)(H,63,77)(H,65,75)(H,66,71)(H,79,80)/t35?,37?,39?,42?,43?,49-,50?/m0/s1. The van der Waals surface area contributed by atoms with Gasteiger partial charge in [0.15, 0.2) is 0 Å². The van der Waals surface area contributed by atoms with E-state index in [4.69, 9.17) is 10.7 Å². The molecule has 1 saturated carbocycles. The number of nitrogens with two attached hydrogens (primary N) is 1. The van der Waals surface area contributed by atoms with E-state index >= 15 is 4.39 Å². The molecule has 8 amide bonds. The van der Waals surface area contributed by atoms with Crippen LogP contribution < -0.4 is 32.3 Å². The first-order valence-corrected chi connectivity index (χ1v) is 27.3. The third-order valence-corrected chi connectivity index (χ3v) is 14.2. The number of benzene rings is 2. The number of halogens is 2. The summed E-state index contributed by atoms with van der Waals surface area (Å²) in [5.41, 5.74) is 6.63. The van der Waals surface area contributed by atoms with Crippen LogP contribution in [0, 0.1) is 28.9 Å². The summed E-state index contributed by atoms with van der Waals surface area (Å²) < 4.78 is 31.3. The summed E-state index contributed by atoms with van der Waals surface area (Å²) in [6.45, 7) is 10.3. The zero-order valence-corrected chi connectivity index (χ0v) is 46.5. The van der Waals surface area contributed by atoms with Crippen molar-refractivity contribution in [3.63, 3.8) is 0 Å². The molecule has 1 aliphatic carbocycles. The smallest absolute Gasteiger partial charge is 0.326 e. The van der Waals surface area contributed by atoms with Crippen LogP contribution in [0.25, 0.3) is 11.3 Å². The van der Waals surface area contributed by atoms with Gasteiger partial charge in [-0.05, 0) is 99.8 Å². The lowest BCUT2D eigenvalue weighted by Gasteiger charge is -2.40. The van der Waals surface area contributed by atoms with Gasteiger partial charge in [0.25, 0.3) is 11.8 Å². The van der Waals surface area contributed by atoms with E-state index in [0.717, 1.165) is 28.7 Å². The van der Waals surface area contributed by atoms with E-state index in [9.17, 15) is 57.8 Å². The number of imidazole rings is 1. The fourth-order valence-electron chi connectivity index (χ4n) is 9.85. The number of aliphatic carboxylic acids is 1. The molecule has 0 bridgehead atoms. The van der Waals surface area contributed by atoms with E-state index in [1.807, 2.05) is 51.1 Å². The number of imide groups is 1. The largest absolute Gasteiger partial charge is 0.480 e. The van der Waals surface area contributed by atoms with Crippen molar-refractivity contribution in [3.8, 4) is 11.3 Å². The second-order valence-corrected chi connectivity index (χ2v) is 22.0. The number of nitrogens with zero attached hydrogens (tertiary/aromatic N) is 4. The minimum absolute atomic E-state index is 0.0211. The van der Waals surface area contributed by atoms with Crippen LogP contribution in [-0.4, -0.2) is 139 Å². The molecule has 436 valence electrons. The normalized spacial score (nSPS) is 17.1. The van der Waals surface area contributed by atoms with Crippen molar-refractivity contribution in [2.45, 2.75) is 155 Å². The van der Waals surface area contributed by atoms with Gasteiger partial charge in [-0.3, -0.25) is 43.3 Å². The first-order valence-electron chi connectivity index (χ1n) is 27.3. The van der Waals surface area contributed by atoms with Crippen molar-refractivity contribution in [3.05, 3.63) is 89.9 Å². The predicted octanol–water partition coefficient (Wildman–Crippen LogP) is 3.77. The van der Waals surface area contributed by atoms with Gasteiger partial charge in [-0.15, -0.1) is 0 Å². The molecule has 2 aromatic carbocycles. The first kappa shape index (κ1) is 63.4. The van der Waals surface area contributed by atoms with Crippen molar-refractivity contribution in [2.24, 2.45) is 23.0 Å². The molecular weight excluding hydrogens is 1040 g/mol. The highest BCUT2D eigenvalue weighted by molar-refractivity contribution is 6.12. The average Bonchev–Trinajstić information content (AvgIpc) is 4.14. The van der Waals surface area contributed by atoms with Crippen LogP contribution >= 0.6 is 0 Å². The van der Waals surface area contributed by atoms with E-state index in [0.29, 0.717) is 57.2 Å². The maximum atomic E-state index is 15.1. The van der Waals surface area contributed by atoms with E-state index in [1.54, 1.807) is 24.6 Å². The van der Waals surface area contributed by atoms with Gasteiger partial charge in [0, 0.05) is 68.5 Å². The molecule has 2 heterocycles. The number of aliphatic hydroxyl groups is 1. The topological polar surface area (TPSA) is 305 Å². The Morgan fingerprint density at radius 2 is 1.55 bits per heavy atom. The van der Waals surface area contributed by atoms with Crippen LogP contribution in [0.5, 0.6) is 0 Å². The molecule has 6 unspecified atom stereocenters. The third kappa shape index (κ3) is 18.3. The second kappa shape index (κ2) is 29.7. The van der Waals surface area contributed by atoms with Gasteiger partial charge >= 0.3 is 5.97 Å². The maximum Gasteiger partial charge on any atom is 0.326 e. The van der Waals surface area contributed by atoms with Crippen LogP contribution in [0.3, 0.4) is 0 Å². The van der Waals surface area contributed by atoms with Crippen LogP contribution in [0.4, 0.5) is 8.78 Å². The number of nitrogens with one attached hydrogen (secondary N) is 5. The Bertz CT molecular complexity index is 2690. The van der Waals surface area contributed by atoms with E-state index in [-0.39, 0.29) is 86.4 Å². The minimum Gasteiger partial charge on any atom is -0.480 e. The fraction of sp³-hybridized carbons (Fsp3) is 0.544. The zero-order chi connectivity index (χ0) is 58.8. The van der Waals surface area contributed by atoms with Crippen molar-refractivity contribution < 1.29 is 62.1 Å². The third-order valence-electron chi connectivity index (χ3n) is 14.2. The molecule has 7 atom stereocenters. The fourth-order valence-corrected chi connectivity index (χ4v) is 9.85. The van der Waals surface area contributed by atoms with Crippen molar-refractivity contribution >= 4 is 53.2 Å². The number of carbonyl (C=O) groups excluding carboxylic acids is 8. The highest BCUT2D eigenvalue weighted by atomic mass is 19.1. The minimum atomic E-state index is -1.29. The molecule has 0 spiro atoms.